The molecule has 1 aromatic carbocycles. The largest absolute Gasteiger partial charge is 0.473 e. The van der Waals surface area contributed by atoms with Gasteiger partial charge in [-0.05, 0) is 51.4 Å². The minimum atomic E-state index is -1.82. The summed E-state index contributed by atoms with van der Waals surface area (Å²) >= 11 is 0. The normalized spacial score (nSPS) is 19.2. The third-order valence-electron chi connectivity index (χ3n) is 5.42. The van der Waals surface area contributed by atoms with Crippen LogP contribution in [0.5, 0.6) is 0 Å². The fourth-order valence-corrected chi connectivity index (χ4v) is 3.96. The van der Waals surface area contributed by atoms with Gasteiger partial charge in [0.15, 0.2) is 0 Å². The van der Waals surface area contributed by atoms with Crippen molar-refractivity contribution in [2.45, 2.75) is 57.2 Å². The van der Waals surface area contributed by atoms with Gasteiger partial charge in [-0.2, -0.15) is 0 Å². The molecule has 26 heavy (non-hydrogen) atoms. The fraction of sp³-hybridized carbons (Fsp3) is 0.600. The molecule has 2 N–H and O–H groups in total. The van der Waals surface area contributed by atoms with Crippen molar-refractivity contribution >= 4 is 11.9 Å². The van der Waals surface area contributed by atoms with E-state index in [0.29, 0.717) is 0 Å². The third kappa shape index (κ3) is 6.42. The van der Waals surface area contributed by atoms with Gasteiger partial charge < -0.3 is 15.1 Å². The van der Waals surface area contributed by atoms with Gasteiger partial charge >= 0.3 is 11.9 Å². The molecule has 0 aromatic heterocycles. The minimum Gasteiger partial charge on any atom is -0.473 e. The maximum Gasteiger partial charge on any atom is 0.414 e. The van der Waals surface area contributed by atoms with Gasteiger partial charge in [-0.15, -0.1) is 0 Å². The zero-order chi connectivity index (χ0) is 18.9. The van der Waals surface area contributed by atoms with E-state index in [1.165, 1.54) is 57.2 Å². The van der Waals surface area contributed by atoms with Gasteiger partial charge in [0.05, 0.1) is 0 Å². The Hall–Kier alpha value is -1.92. The Morgan fingerprint density at radius 1 is 1.00 bits per heavy atom. The van der Waals surface area contributed by atoms with Crippen LogP contribution < -0.4 is 0 Å². The number of rotatable bonds is 4. The van der Waals surface area contributed by atoms with Crippen molar-refractivity contribution in [2.75, 3.05) is 20.1 Å². The van der Waals surface area contributed by atoms with Gasteiger partial charge in [-0.3, -0.25) is 4.90 Å². The van der Waals surface area contributed by atoms with E-state index in [2.05, 4.69) is 47.2 Å². The molecule has 2 aliphatic rings. The summed E-state index contributed by atoms with van der Waals surface area (Å²) in [7, 11) is 2.29. The molecule has 6 heteroatoms. The topological polar surface area (TPSA) is 81.1 Å². The van der Waals surface area contributed by atoms with Crippen molar-refractivity contribution in [2.24, 2.45) is 0 Å². The zero-order valence-corrected chi connectivity index (χ0v) is 15.5. The van der Waals surface area contributed by atoms with Gasteiger partial charge in [-0.25, -0.2) is 9.59 Å². The molecule has 6 nitrogen and oxygen atoms in total. The van der Waals surface area contributed by atoms with Crippen LogP contribution in [0, 0.1) is 0 Å². The molecular weight excluding hydrogens is 332 g/mol. The lowest BCUT2D eigenvalue weighted by Crippen LogP contribution is -2.46. The monoisotopic (exact) mass is 362 g/mol. The lowest BCUT2D eigenvalue weighted by atomic mass is 10.0. The molecule has 0 unspecified atom stereocenters. The molecule has 1 aliphatic carbocycles. The summed E-state index contributed by atoms with van der Waals surface area (Å²) in [5, 5.41) is 14.8. The molecule has 144 valence electrons. The fourth-order valence-electron chi connectivity index (χ4n) is 3.96. The number of likely N-dealkylation sites (tertiary alicyclic amines) is 1. The zero-order valence-electron chi connectivity index (χ0n) is 15.5. The minimum absolute atomic E-state index is 0.771. The number of carboxylic acid groups (broad SMARTS) is 2. The Morgan fingerprint density at radius 2 is 1.54 bits per heavy atom. The van der Waals surface area contributed by atoms with Crippen molar-refractivity contribution in [3.05, 3.63) is 35.9 Å². The van der Waals surface area contributed by atoms with Crippen molar-refractivity contribution in [1.29, 1.82) is 0 Å². The molecule has 1 saturated carbocycles. The quantitative estimate of drug-likeness (QED) is 0.802. The predicted octanol–water partition coefficient (Wildman–Crippen LogP) is 2.68. The van der Waals surface area contributed by atoms with E-state index in [1.807, 2.05) is 0 Å². The highest BCUT2D eigenvalue weighted by atomic mass is 16.4. The van der Waals surface area contributed by atoms with Gasteiger partial charge in [0.2, 0.25) is 0 Å². The summed E-state index contributed by atoms with van der Waals surface area (Å²) in [5.41, 5.74) is 1.44. The molecule has 3 rings (SSSR count). The number of nitrogens with zero attached hydrogens (tertiary/aromatic N) is 2. The Labute approximate surface area is 155 Å². The van der Waals surface area contributed by atoms with Gasteiger partial charge in [-0.1, -0.05) is 43.2 Å². The second-order valence-corrected chi connectivity index (χ2v) is 7.22. The number of hydrogen-bond acceptors (Lipinski definition) is 4. The standard InChI is InChI=1S/C18H28N2.C2H2O4/c1-19(15-16-7-3-2-4-8-16)17-11-13-20(14-12-17)18-9-5-6-10-18;3-1(4)2(5)6/h2-4,7-8,17-18H,5-6,9-15H2,1H3;(H,3,4)(H,5,6). The van der Waals surface area contributed by atoms with Crippen LogP contribution in [-0.2, 0) is 16.1 Å². The summed E-state index contributed by atoms with van der Waals surface area (Å²) in [6, 6.07) is 12.6. The van der Waals surface area contributed by atoms with Crippen molar-refractivity contribution in [3.8, 4) is 0 Å². The summed E-state index contributed by atoms with van der Waals surface area (Å²) < 4.78 is 0. The average Bonchev–Trinajstić information content (AvgIpc) is 3.18. The number of carbonyl (C=O) groups is 2. The first-order chi connectivity index (χ1) is 12.5. The van der Waals surface area contributed by atoms with E-state index < -0.39 is 11.9 Å². The SMILES string of the molecule is CN(Cc1ccccc1)C1CCN(C2CCCC2)CC1.O=C(O)C(=O)O. The van der Waals surface area contributed by atoms with Crippen LogP contribution in [0.25, 0.3) is 0 Å². The summed E-state index contributed by atoms with van der Waals surface area (Å²) in [6.45, 7) is 3.72. The highest BCUT2D eigenvalue weighted by Gasteiger charge is 2.28. The van der Waals surface area contributed by atoms with Crippen LogP contribution in [0.15, 0.2) is 30.3 Å². The number of hydrogen-bond donors (Lipinski definition) is 2. The van der Waals surface area contributed by atoms with E-state index in [0.717, 1.165) is 18.6 Å². The van der Waals surface area contributed by atoms with E-state index in [9.17, 15) is 0 Å². The number of piperidine rings is 1. The molecule has 1 saturated heterocycles. The Kier molecular flexibility index (Phi) is 8.06. The lowest BCUT2D eigenvalue weighted by molar-refractivity contribution is -0.159. The second kappa shape index (κ2) is 10.3. The molecule has 0 spiro atoms. The van der Waals surface area contributed by atoms with Crippen molar-refractivity contribution < 1.29 is 19.8 Å². The van der Waals surface area contributed by atoms with Gasteiger partial charge in [0, 0.05) is 18.6 Å². The van der Waals surface area contributed by atoms with Gasteiger partial charge in [0.1, 0.15) is 0 Å². The van der Waals surface area contributed by atoms with Crippen LogP contribution in [0.3, 0.4) is 0 Å². The highest BCUT2D eigenvalue weighted by molar-refractivity contribution is 6.27. The van der Waals surface area contributed by atoms with Crippen LogP contribution >= 0.6 is 0 Å². The Bertz CT molecular complexity index is 552. The molecule has 2 fully saturated rings. The van der Waals surface area contributed by atoms with Gasteiger partial charge in [0.25, 0.3) is 0 Å². The van der Waals surface area contributed by atoms with Crippen LogP contribution in [0.1, 0.15) is 44.1 Å². The summed E-state index contributed by atoms with van der Waals surface area (Å²) in [6.07, 6.45) is 8.51. The van der Waals surface area contributed by atoms with E-state index >= 15 is 0 Å². The van der Waals surface area contributed by atoms with Crippen LogP contribution in [-0.4, -0.2) is 64.2 Å². The molecule has 0 bridgehead atoms. The summed E-state index contributed by atoms with van der Waals surface area (Å²) in [4.78, 5) is 23.5. The number of aliphatic carboxylic acids is 2. The predicted molar refractivity (Wildman–Crippen MR) is 100 cm³/mol. The number of benzene rings is 1. The molecule has 1 aromatic rings. The first kappa shape index (κ1) is 20.4. The first-order valence-corrected chi connectivity index (χ1v) is 9.41. The molecule has 0 radical (unpaired) electrons. The first-order valence-electron chi connectivity index (χ1n) is 9.41. The van der Waals surface area contributed by atoms with Crippen LogP contribution in [0.2, 0.25) is 0 Å². The summed E-state index contributed by atoms with van der Waals surface area (Å²) in [5.74, 6) is -3.65. The molecule has 1 aliphatic heterocycles. The number of carboxylic acids is 2. The van der Waals surface area contributed by atoms with E-state index in [4.69, 9.17) is 19.8 Å². The smallest absolute Gasteiger partial charge is 0.414 e. The van der Waals surface area contributed by atoms with Crippen LogP contribution in [0.4, 0.5) is 0 Å². The second-order valence-electron chi connectivity index (χ2n) is 7.22. The molecular formula is C20H30N2O4. The Balaban J connectivity index is 0.000000352. The average molecular weight is 362 g/mol. The van der Waals surface area contributed by atoms with Crippen molar-refractivity contribution in [1.82, 2.24) is 9.80 Å². The Morgan fingerprint density at radius 3 is 2.04 bits per heavy atom. The highest BCUT2D eigenvalue weighted by Crippen LogP contribution is 2.27. The maximum atomic E-state index is 9.10. The molecule has 0 atom stereocenters. The molecule has 0 amide bonds. The lowest BCUT2D eigenvalue weighted by Gasteiger charge is -2.39. The maximum absolute atomic E-state index is 9.10. The van der Waals surface area contributed by atoms with E-state index in [1.54, 1.807) is 0 Å². The van der Waals surface area contributed by atoms with E-state index in [-0.39, 0.29) is 0 Å². The third-order valence-corrected chi connectivity index (χ3v) is 5.42. The molecule has 1 heterocycles. The van der Waals surface area contributed by atoms with Crippen molar-refractivity contribution in [3.63, 3.8) is 0 Å².